The van der Waals surface area contributed by atoms with E-state index in [1.807, 2.05) is 0 Å². The second-order valence-corrected chi connectivity index (χ2v) is 6.33. The molecule has 0 saturated carbocycles. The van der Waals surface area contributed by atoms with Crippen LogP contribution in [0, 0.1) is 6.92 Å². The maximum Gasteiger partial charge on any atom is 0.0134 e. The molecule has 0 saturated heterocycles. The standard InChI is InChI=1S/C16H27N/c1-6-11-16(5,17)12-15(3,4)14-9-7-13(2)8-10-14/h7-10H,6,11-12,17H2,1-5H3. The lowest BCUT2D eigenvalue weighted by molar-refractivity contribution is 0.308. The fourth-order valence-electron chi connectivity index (χ4n) is 2.78. The van der Waals surface area contributed by atoms with Crippen LogP contribution in [0.3, 0.4) is 0 Å². The Morgan fingerprint density at radius 2 is 1.59 bits per heavy atom. The lowest BCUT2D eigenvalue weighted by Crippen LogP contribution is -2.42. The Labute approximate surface area is 106 Å². The number of nitrogens with two attached hydrogens (primary N) is 1. The fourth-order valence-corrected chi connectivity index (χ4v) is 2.78. The topological polar surface area (TPSA) is 26.0 Å². The van der Waals surface area contributed by atoms with Gasteiger partial charge in [-0.1, -0.05) is 57.0 Å². The molecular formula is C16H27N. The molecular weight excluding hydrogens is 206 g/mol. The maximum absolute atomic E-state index is 6.38. The highest BCUT2D eigenvalue weighted by atomic mass is 14.7. The van der Waals surface area contributed by atoms with Crippen LogP contribution in [-0.4, -0.2) is 5.54 Å². The van der Waals surface area contributed by atoms with Gasteiger partial charge in [-0.05, 0) is 37.7 Å². The van der Waals surface area contributed by atoms with E-state index >= 15 is 0 Å². The maximum atomic E-state index is 6.38. The van der Waals surface area contributed by atoms with E-state index in [1.54, 1.807) is 0 Å². The van der Waals surface area contributed by atoms with Crippen LogP contribution in [0.25, 0.3) is 0 Å². The predicted octanol–water partition coefficient (Wildman–Crippen LogP) is 4.18. The first-order valence-electron chi connectivity index (χ1n) is 6.63. The summed E-state index contributed by atoms with van der Waals surface area (Å²) in [5.41, 5.74) is 9.16. The number of rotatable bonds is 5. The summed E-state index contributed by atoms with van der Waals surface area (Å²) in [6, 6.07) is 8.84. The highest BCUT2D eigenvalue weighted by Gasteiger charge is 2.29. The minimum Gasteiger partial charge on any atom is -0.325 e. The summed E-state index contributed by atoms with van der Waals surface area (Å²) < 4.78 is 0. The van der Waals surface area contributed by atoms with Gasteiger partial charge in [0.2, 0.25) is 0 Å². The quantitative estimate of drug-likeness (QED) is 0.811. The third-order valence-corrected chi connectivity index (χ3v) is 3.50. The van der Waals surface area contributed by atoms with Gasteiger partial charge in [0.05, 0.1) is 0 Å². The molecule has 96 valence electrons. The van der Waals surface area contributed by atoms with E-state index in [0.29, 0.717) is 0 Å². The summed E-state index contributed by atoms with van der Waals surface area (Å²) in [4.78, 5) is 0. The monoisotopic (exact) mass is 233 g/mol. The number of benzene rings is 1. The molecule has 1 unspecified atom stereocenters. The Balaban J connectivity index is 2.84. The molecule has 1 nitrogen and oxygen atoms in total. The molecule has 0 radical (unpaired) electrons. The zero-order chi connectivity index (χ0) is 13.1. The summed E-state index contributed by atoms with van der Waals surface area (Å²) in [6.07, 6.45) is 3.26. The summed E-state index contributed by atoms with van der Waals surface area (Å²) in [6.45, 7) is 11.1. The van der Waals surface area contributed by atoms with Crippen molar-refractivity contribution >= 4 is 0 Å². The van der Waals surface area contributed by atoms with Gasteiger partial charge in [0, 0.05) is 5.54 Å². The third-order valence-electron chi connectivity index (χ3n) is 3.50. The number of hydrogen-bond donors (Lipinski definition) is 1. The molecule has 0 aliphatic carbocycles. The Kier molecular flexibility index (Phi) is 4.37. The number of aryl methyl sites for hydroxylation is 1. The molecule has 0 bridgehead atoms. The second-order valence-electron chi connectivity index (χ2n) is 6.33. The zero-order valence-corrected chi connectivity index (χ0v) is 12.0. The van der Waals surface area contributed by atoms with Gasteiger partial charge >= 0.3 is 0 Å². The van der Waals surface area contributed by atoms with Crippen molar-refractivity contribution in [3.63, 3.8) is 0 Å². The smallest absolute Gasteiger partial charge is 0.0134 e. The average Bonchev–Trinajstić information content (AvgIpc) is 2.16. The van der Waals surface area contributed by atoms with E-state index < -0.39 is 0 Å². The Morgan fingerprint density at radius 1 is 1.06 bits per heavy atom. The van der Waals surface area contributed by atoms with E-state index in [0.717, 1.165) is 19.3 Å². The van der Waals surface area contributed by atoms with Gasteiger partial charge in [-0.25, -0.2) is 0 Å². The largest absolute Gasteiger partial charge is 0.325 e. The van der Waals surface area contributed by atoms with Crippen molar-refractivity contribution in [1.29, 1.82) is 0 Å². The van der Waals surface area contributed by atoms with Gasteiger partial charge in [0.1, 0.15) is 0 Å². The minimum atomic E-state index is -0.0663. The Bertz CT molecular complexity index is 346. The SMILES string of the molecule is CCCC(C)(N)CC(C)(C)c1ccc(C)cc1. The molecule has 0 fully saturated rings. The first-order valence-corrected chi connectivity index (χ1v) is 6.63. The van der Waals surface area contributed by atoms with Crippen molar-refractivity contribution < 1.29 is 0 Å². The molecule has 1 rings (SSSR count). The molecule has 1 aromatic rings. The van der Waals surface area contributed by atoms with E-state index in [4.69, 9.17) is 5.73 Å². The Hall–Kier alpha value is -0.820. The van der Waals surface area contributed by atoms with Gasteiger partial charge in [0.25, 0.3) is 0 Å². The predicted molar refractivity (Wildman–Crippen MR) is 76.3 cm³/mol. The van der Waals surface area contributed by atoms with Gasteiger partial charge in [0.15, 0.2) is 0 Å². The summed E-state index contributed by atoms with van der Waals surface area (Å²) >= 11 is 0. The highest BCUT2D eigenvalue weighted by Crippen LogP contribution is 2.33. The lowest BCUT2D eigenvalue weighted by atomic mass is 9.73. The van der Waals surface area contributed by atoms with Gasteiger partial charge < -0.3 is 5.73 Å². The van der Waals surface area contributed by atoms with Gasteiger partial charge in [-0.2, -0.15) is 0 Å². The molecule has 17 heavy (non-hydrogen) atoms. The van der Waals surface area contributed by atoms with Crippen molar-refractivity contribution in [2.75, 3.05) is 0 Å². The van der Waals surface area contributed by atoms with Crippen LogP contribution in [-0.2, 0) is 5.41 Å². The van der Waals surface area contributed by atoms with Crippen LogP contribution in [0.5, 0.6) is 0 Å². The molecule has 0 aliphatic heterocycles. The number of hydrogen-bond acceptors (Lipinski definition) is 1. The van der Waals surface area contributed by atoms with Crippen molar-refractivity contribution in [1.82, 2.24) is 0 Å². The fraction of sp³-hybridized carbons (Fsp3) is 0.625. The second kappa shape index (κ2) is 5.22. The molecule has 0 amide bonds. The van der Waals surface area contributed by atoms with Crippen LogP contribution in [0.2, 0.25) is 0 Å². The third kappa shape index (κ3) is 4.16. The van der Waals surface area contributed by atoms with Crippen molar-refractivity contribution in [3.05, 3.63) is 35.4 Å². The summed E-state index contributed by atoms with van der Waals surface area (Å²) in [5.74, 6) is 0. The molecule has 2 N–H and O–H groups in total. The highest BCUT2D eigenvalue weighted by molar-refractivity contribution is 5.28. The minimum absolute atomic E-state index is 0.0663. The van der Waals surface area contributed by atoms with Gasteiger partial charge in [-0.3, -0.25) is 0 Å². The van der Waals surface area contributed by atoms with Crippen molar-refractivity contribution in [2.24, 2.45) is 5.73 Å². The first kappa shape index (κ1) is 14.2. The Morgan fingerprint density at radius 3 is 2.06 bits per heavy atom. The molecule has 0 aromatic heterocycles. The molecule has 0 heterocycles. The van der Waals surface area contributed by atoms with Crippen molar-refractivity contribution in [2.45, 2.75) is 64.8 Å². The van der Waals surface area contributed by atoms with Gasteiger partial charge in [-0.15, -0.1) is 0 Å². The zero-order valence-electron chi connectivity index (χ0n) is 12.0. The molecule has 0 spiro atoms. The molecule has 1 aromatic carbocycles. The van der Waals surface area contributed by atoms with Crippen LogP contribution in [0.15, 0.2) is 24.3 Å². The van der Waals surface area contributed by atoms with E-state index in [2.05, 4.69) is 58.9 Å². The van der Waals surface area contributed by atoms with Crippen LogP contribution >= 0.6 is 0 Å². The summed E-state index contributed by atoms with van der Waals surface area (Å²) in [5, 5.41) is 0. The normalized spacial score (nSPS) is 15.6. The average molecular weight is 233 g/mol. The van der Waals surface area contributed by atoms with E-state index in [-0.39, 0.29) is 11.0 Å². The van der Waals surface area contributed by atoms with Crippen LogP contribution in [0.4, 0.5) is 0 Å². The molecule has 0 aliphatic rings. The lowest BCUT2D eigenvalue weighted by Gasteiger charge is -2.35. The van der Waals surface area contributed by atoms with Crippen LogP contribution < -0.4 is 5.73 Å². The van der Waals surface area contributed by atoms with E-state index in [1.165, 1.54) is 11.1 Å². The van der Waals surface area contributed by atoms with Crippen molar-refractivity contribution in [3.8, 4) is 0 Å². The van der Waals surface area contributed by atoms with Crippen LogP contribution in [0.1, 0.15) is 58.1 Å². The molecule has 1 heteroatoms. The summed E-state index contributed by atoms with van der Waals surface area (Å²) in [7, 11) is 0. The van der Waals surface area contributed by atoms with E-state index in [9.17, 15) is 0 Å². The molecule has 1 atom stereocenters. The first-order chi connectivity index (χ1) is 7.77.